The van der Waals surface area contributed by atoms with Crippen molar-refractivity contribution in [2.45, 2.75) is 33.2 Å². The molecule has 2 unspecified atom stereocenters. The lowest BCUT2D eigenvalue weighted by atomic mass is 10.0. The molecule has 9 nitrogen and oxygen atoms in total. The van der Waals surface area contributed by atoms with Gasteiger partial charge in [0.2, 0.25) is 0 Å². The Morgan fingerprint density at radius 3 is 2.21 bits per heavy atom. The van der Waals surface area contributed by atoms with Gasteiger partial charge in [0.15, 0.2) is 0 Å². The number of hydrogen-bond acceptors (Lipinski definition) is 7. The summed E-state index contributed by atoms with van der Waals surface area (Å²) in [5.41, 5.74) is 4.10. The number of benzene rings is 1. The van der Waals surface area contributed by atoms with E-state index >= 15 is 0 Å². The highest BCUT2D eigenvalue weighted by Crippen LogP contribution is 2.34. The zero-order valence-corrected chi connectivity index (χ0v) is 20.2. The van der Waals surface area contributed by atoms with Gasteiger partial charge in [0.05, 0.1) is 0 Å². The first-order chi connectivity index (χ1) is 16.4. The van der Waals surface area contributed by atoms with Crippen LogP contribution in [0, 0.1) is 18.8 Å². The van der Waals surface area contributed by atoms with Crippen LogP contribution in [0.25, 0.3) is 0 Å². The number of rotatable bonds is 5. The summed E-state index contributed by atoms with van der Waals surface area (Å²) in [6, 6.07) is 6.67. The van der Waals surface area contributed by atoms with Crippen LogP contribution in [-0.2, 0) is 21.0 Å². The van der Waals surface area contributed by atoms with E-state index in [0.717, 1.165) is 52.4 Å². The molecule has 4 fully saturated rings. The Hall–Kier alpha value is -2.65. The highest BCUT2D eigenvalue weighted by atomic mass is 16.7. The molecule has 0 N–H and O–H groups in total. The van der Waals surface area contributed by atoms with Crippen molar-refractivity contribution in [3.05, 3.63) is 29.3 Å². The molecule has 2 atom stereocenters. The Balaban J connectivity index is 1.15. The first-order valence-electron chi connectivity index (χ1n) is 12.5. The zero-order chi connectivity index (χ0) is 23.8. The minimum absolute atomic E-state index is 0.113. The molecule has 5 rings (SSSR count). The molecule has 0 bridgehead atoms. The van der Waals surface area contributed by atoms with E-state index in [2.05, 4.69) is 46.7 Å². The minimum Gasteiger partial charge on any atom is -0.369 e. The summed E-state index contributed by atoms with van der Waals surface area (Å²) in [4.78, 5) is 50.2. The fraction of sp³-hybridized carbons (Fsp3) is 0.640. The van der Waals surface area contributed by atoms with Crippen molar-refractivity contribution in [3.8, 4) is 0 Å². The van der Waals surface area contributed by atoms with Gasteiger partial charge in [-0.3, -0.25) is 14.5 Å². The van der Waals surface area contributed by atoms with Gasteiger partial charge in [0.25, 0.3) is 11.8 Å². The van der Waals surface area contributed by atoms with Crippen molar-refractivity contribution in [2.24, 2.45) is 11.8 Å². The average Bonchev–Trinajstić information content (AvgIpc) is 3.50. The van der Waals surface area contributed by atoms with Crippen LogP contribution in [0.3, 0.4) is 0 Å². The first kappa shape index (κ1) is 23.1. The molecule has 4 aliphatic rings. The molecule has 34 heavy (non-hydrogen) atoms. The maximum atomic E-state index is 12.5. The van der Waals surface area contributed by atoms with Crippen molar-refractivity contribution in [3.63, 3.8) is 0 Å². The molecule has 1 aromatic rings. The van der Waals surface area contributed by atoms with Gasteiger partial charge in [0, 0.05) is 77.4 Å². The predicted molar refractivity (Wildman–Crippen MR) is 127 cm³/mol. The van der Waals surface area contributed by atoms with Gasteiger partial charge in [-0.05, 0) is 42.5 Å². The fourth-order valence-electron chi connectivity index (χ4n) is 5.89. The van der Waals surface area contributed by atoms with Gasteiger partial charge in [-0.2, -0.15) is 0 Å². The molecule has 0 aromatic heterocycles. The second kappa shape index (κ2) is 9.54. The number of nitrogens with zero attached hydrogens (tertiary/aromatic N) is 5. The van der Waals surface area contributed by atoms with E-state index in [1.807, 2.05) is 0 Å². The lowest BCUT2D eigenvalue weighted by molar-refractivity contribution is -0.173. The molecule has 0 spiro atoms. The lowest BCUT2D eigenvalue weighted by Crippen LogP contribution is -2.46. The van der Waals surface area contributed by atoms with E-state index in [1.165, 1.54) is 16.8 Å². The summed E-state index contributed by atoms with van der Waals surface area (Å²) in [7, 11) is 0. The van der Waals surface area contributed by atoms with Gasteiger partial charge in [0.1, 0.15) is 0 Å². The monoisotopic (exact) mass is 469 g/mol. The van der Waals surface area contributed by atoms with Crippen LogP contribution in [0.5, 0.6) is 0 Å². The van der Waals surface area contributed by atoms with Gasteiger partial charge in [-0.25, -0.2) is 4.79 Å². The van der Waals surface area contributed by atoms with E-state index in [1.54, 1.807) is 4.90 Å². The van der Waals surface area contributed by atoms with Gasteiger partial charge < -0.3 is 19.5 Å². The van der Waals surface area contributed by atoms with Gasteiger partial charge in [-0.15, -0.1) is 5.06 Å². The van der Waals surface area contributed by atoms with Crippen LogP contribution in [0.1, 0.15) is 30.9 Å². The molecule has 3 amide bonds. The number of hydrogen-bond donors (Lipinski definition) is 0. The lowest BCUT2D eigenvalue weighted by Gasteiger charge is -2.36. The Labute approximate surface area is 201 Å². The number of anilines is 1. The number of imide groups is 1. The Morgan fingerprint density at radius 1 is 0.941 bits per heavy atom. The maximum absolute atomic E-state index is 12.5. The van der Waals surface area contributed by atoms with Crippen LogP contribution >= 0.6 is 0 Å². The number of fused-ring (bicyclic) bond motifs is 1. The van der Waals surface area contributed by atoms with Crippen molar-refractivity contribution in [1.29, 1.82) is 0 Å². The smallest absolute Gasteiger partial charge is 0.369 e. The quantitative estimate of drug-likeness (QED) is 0.608. The number of carbonyl (C=O) groups excluding carboxylic acids is 3. The number of piperazine rings is 1. The normalized spacial score (nSPS) is 26.0. The molecular formula is C25H35N5O4. The molecule has 0 aliphatic carbocycles. The highest BCUT2D eigenvalue weighted by Gasteiger charge is 2.43. The number of likely N-dealkylation sites (tertiary alicyclic amines) is 2. The second-order valence-electron chi connectivity index (χ2n) is 10.0. The fourth-order valence-corrected chi connectivity index (χ4v) is 5.89. The molecule has 0 radical (unpaired) electrons. The van der Waals surface area contributed by atoms with E-state index < -0.39 is 17.9 Å². The zero-order valence-electron chi connectivity index (χ0n) is 20.2. The third-order valence-electron chi connectivity index (χ3n) is 7.97. The molecule has 4 aliphatic heterocycles. The largest absolute Gasteiger partial charge is 0.434 e. The Kier molecular flexibility index (Phi) is 6.48. The number of hydroxylamine groups is 2. The van der Waals surface area contributed by atoms with Crippen LogP contribution in [0.2, 0.25) is 0 Å². The molecule has 1 aromatic carbocycles. The topological polar surface area (TPSA) is 76.6 Å². The number of carbonyl (C=O) groups is 3. The van der Waals surface area contributed by atoms with E-state index in [0.29, 0.717) is 30.0 Å². The molecule has 184 valence electrons. The Bertz CT molecular complexity index is 931. The summed E-state index contributed by atoms with van der Waals surface area (Å²) in [5.74, 6) is -0.0891. The predicted octanol–water partition coefficient (Wildman–Crippen LogP) is 1.70. The number of likely N-dealkylation sites (N-methyl/N-ethyl adjacent to an activating group) is 1. The molecule has 0 saturated carbocycles. The highest BCUT2D eigenvalue weighted by molar-refractivity contribution is 6.01. The summed E-state index contributed by atoms with van der Waals surface area (Å²) in [6.07, 6.45) is -0.361. The summed E-state index contributed by atoms with van der Waals surface area (Å²) >= 11 is 0. The summed E-state index contributed by atoms with van der Waals surface area (Å²) in [6.45, 7) is 14.0. The third kappa shape index (κ3) is 4.51. The SMILES string of the molecule is CCN1CCN(c2cccc(CN3CC4CN(C(=O)ON5C(=O)CCC5=O)CC4C3)c2C)CC1. The first-order valence-corrected chi connectivity index (χ1v) is 12.5. The van der Waals surface area contributed by atoms with Crippen LogP contribution < -0.4 is 4.90 Å². The van der Waals surface area contributed by atoms with E-state index in [4.69, 9.17) is 4.84 Å². The average molecular weight is 470 g/mol. The maximum Gasteiger partial charge on any atom is 0.434 e. The minimum atomic E-state index is -0.587. The van der Waals surface area contributed by atoms with Gasteiger partial charge >= 0.3 is 6.09 Å². The van der Waals surface area contributed by atoms with Crippen molar-refractivity contribution < 1.29 is 19.2 Å². The Morgan fingerprint density at radius 2 is 1.59 bits per heavy atom. The molecule has 9 heteroatoms. The van der Waals surface area contributed by atoms with Crippen LogP contribution in [-0.4, -0.2) is 96.6 Å². The molecule has 4 heterocycles. The van der Waals surface area contributed by atoms with Crippen LogP contribution in [0.4, 0.5) is 10.5 Å². The summed E-state index contributed by atoms with van der Waals surface area (Å²) < 4.78 is 0. The molecule has 4 saturated heterocycles. The van der Waals surface area contributed by atoms with Crippen molar-refractivity contribution in [2.75, 3.05) is 63.8 Å². The second-order valence-corrected chi connectivity index (χ2v) is 10.0. The standard InChI is InChI=1S/C25H35N5O4/c1-3-26-9-11-28(12-10-26)22-6-4-5-19(18(22)2)13-27-14-20-16-29(17-21(20)15-27)25(33)34-30-23(31)7-8-24(30)32/h4-6,20-21H,3,7-17H2,1-2H3. The third-order valence-corrected chi connectivity index (χ3v) is 7.97. The molecular weight excluding hydrogens is 434 g/mol. The van der Waals surface area contributed by atoms with Crippen molar-refractivity contribution >= 4 is 23.6 Å². The number of amides is 3. The summed E-state index contributed by atoms with van der Waals surface area (Å²) in [5, 5.41) is 0.640. The van der Waals surface area contributed by atoms with Crippen molar-refractivity contribution in [1.82, 2.24) is 19.8 Å². The van der Waals surface area contributed by atoms with E-state index in [9.17, 15) is 14.4 Å². The van der Waals surface area contributed by atoms with Gasteiger partial charge in [-0.1, -0.05) is 19.1 Å². The van der Waals surface area contributed by atoms with Crippen LogP contribution in [0.15, 0.2) is 18.2 Å². The van der Waals surface area contributed by atoms with E-state index in [-0.39, 0.29) is 12.8 Å².